The lowest BCUT2D eigenvalue weighted by Gasteiger charge is -2.25. The fourth-order valence-corrected chi connectivity index (χ4v) is 1.55. The first-order valence-corrected chi connectivity index (χ1v) is 6.16. The highest BCUT2D eigenvalue weighted by Gasteiger charge is 2.30. The first-order valence-electron chi connectivity index (χ1n) is 6.16. The Balaban J connectivity index is 2.55. The van der Waals surface area contributed by atoms with Crippen molar-refractivity contribution in [3.63, 3.8) is 0 Å². The van der Waals surface area contributed by atoms with Gasteiger partial charge < -0.3 is 35.4 Å². The van der Waals surface area contributed by atoms with Crippen LogP contribution in [0.15, 0.2) is 24.3 Å². The van der Waals surface area contributed by atoms with Crippen molar-refractivity contribution in [1.29, 1.82) is 0 Å². The highest BCUT2D eigenvalue weighted by Crippen LogP contribution is 2.17. The first-order chi connectivity index (χ1) is 9.88. The molecular weight excluding hydrogens is 284 g/mol. The van der Waals surface area contributed by atoms with E-state index in [9.17, 15) is 25.2 Å². The molecule has 8 nitrogen and oxygen atoms in total. The van der Waals surface area contributed by atoms with Gasteiger partial charge in [-0.15, -0.1) is 0 Å². The van der Waals surface area contributed by atoms with Crippen LogP contribution in [-0.2, 0) is 4.74 Å². The van der Waals surface area contributed by atoms with Gasteiger partial charge >= 0.3 is 5.97 Å². The third-order valence-electron chi connectivity index (χ3n) is 2.83. The fourth-order valence-electron chi connectivity index (χ4n) is 1.55. The SMILES string of the molecule is O=C(OC[C@@H](O)[C@@H](O)[C@H](O)[C@H](O)CO)c1ccccc1O. The van der Waals surface area contributed by atoms with E-state index in [-0.39, 0.29) is 11.3 Å². The molecule has 8 heteroatoms. The fraction of sp³-hybridized carbons (Fsp3) is 0.462. The maximum absolute atomic E-state index is 11.6. The summed E-state index contributed by atoms with van der Waals surface area (Å²) >= 11 is 0. The smallest absolute Gasteiger partial charge is 0.342 e. The molecule has 0 saturated carbocycles. The van der Waals surface area contributed by atoms with Crippen molar-refractivity contribution in [3.8, 4) is 5.75 Å². The Morgan fingerprint density at radius 1 is 1.05 bits per heavy atom. The Morgan fingerprint density at radius 3 is 2.19 bits per heavy atom. The molecule has 0 heterocycles. The van der Waals surface area contributed by atoms with Gasteiger partial charge in [-0.1, -0.05) is 12.1 Å². The zero-order chi connectivity index (χ0) is 16.0. The minimum absolute atomic E-state index is 0.116. The van der Waals surface area contributed by atoms with Crippen LogP contribution in [0.25, 0.3) is 0 Å². The summed E-state index contributed by atoms with van der Waals surface area (Å²) < 4.78 is 4.69. The number of benzene rings is 1. The maximum Gasteiger partial charge on any atom is 0.342 e. The summed E-state index contributed by atoms with van der Waals surface area (Å²) in [6.45, 7) is -1.47. The molecule has 1 aromatic rings. The Morgan fingerprint density at radius 2 is 1.62 bits per heavy atom. The van der Waals surface area contributed by atoms with Gasteiger partial charge in [0.15, 0.2) is 0 Å². The second kappa shape index (κ2) is 7.91. The predicted octanol–water partition coefficient (Wildman–Crippen LogP) is -2.02. The van der Waals surface area contributed by atoms with E-state index in [1.807, 2.05) is 0 Å². The van der Waals surface area contributed by atoms with E-state index in [0.717, 1.165) is 0 Å². The van der Waals surface area contributed by atoms with Gasteiger partial charge in [0, 0.05) is 0 Å². The van der Waals surface area contributed by atoms with Gasteiger partial charge in [0.1, 0.15) is 42.3 Å². The molecule has 0 radical (unpaired) electrons. The third-order valence-corrected chi connectivity index (χ3v) is 2.83. The molecule has 0 saturated heterocycles. The molecular formula is C13H18O8. The van der Waals surface area contributed by atoms with Crippen molar-refractivity contribution >= 4 is 5.97 Å². The molecule has 1 aromatic carbocycles. The van der Waals surface area contributed by atoms with Crippen molar-refractivity contribution < 1.29 is 40.2 Å². The van der Waals surface area contributed by atoms with Gasteiger partial charge in [0.2, 0.25) is 0 Å². The van der Waals surface area contributed by atoms with Crippen LogP contribution in [-0.4, -0.2) is 74.2 Å². The van der Waals surface area contributed by atoms with E-state index in [2.05, 4.69) is 0 Å². The number of aliphatic hydroxyl groups excluding tert-OH is 5. The number of aliphatic hydroxyl groups is 5. The quantitative estimate of drug-likeness (QED) is 0.316. The van der Waals surface area contributed by atoms with Gasteiger partial charge in [-0.2, -0.15) is 0 Å². The van der Waals surface area contributed by atoms with Gasteiger partial charge in [-0.3, -0.25) is 0 Å². The molecule has 0 aliphatic heterocycles. The number of rotatable bonds is 7. The monoisotopic (exact) mass is 302 g/mol. The minimum Gasteiger partial charge on any atom is -0.507 e. The molecule has 0 fully saturated rings. The molecule has 0 aliphatic carbocycles. The number of phenolic OH excluding ortho intramolecular Hbond substituents is 1. The van der Waals surface area contributed by atoms with E-state index < -0.39 is 43.6 Å². The van der Waals surface area contributed by atoms with E-state index in [1.165, 1.54) is 24.3 Å². The second-order valence-electron chi connectivity index (χ2n) is 4.41. The van der Waals surface area contributed by atoms with Gasteiger partial charge in [-0.25, -0.2) is 4.79 Å². The van der Waals surface area contributed by atoms with Crippen LogP contribution < -0.4 is 0 Å². The molecule has 0 bridgehead atoms. The number of carbonyl (C=O) groups excluding carboxylic acids is 1. The largest absolute Gasteiger partial charge is 0.507 e. The molecule has 0 amide bonds. The summed E-state index contributed by atoms with van der Waals surface area (Å²) in [5.74, 6) is -1.22. The Hall–Kier alpha value is -1.71. The highest BCUT2D eigenvalue weighted by atomic mass is 16.5. The van der Waals surface area contributed by atoms with Gasteiger partial charge in [0.05, 0.1) is 6.61 Å². The summed E-state index contributed by atoms with van der Waals surface area (Å²) in [4.78, 5) is 11.6. The van der Waals surface area contributed by atoms with Crippen LogP contribution in [0.1, 0.15) is 10.4 Å². The lowest BCUT2D eigenvalue weighted by Crippen LogP contribution is -2.47. The van der Waals surface area contributed by atoms with Gasteiger partial charge in [0.25, 0.3) is 0 Å². The maximum atomic E-state index is 11.6. The van der Waals surface area contributed by atoms with Crippen molar-refractivity contribution in [2.24, 2.45) is 0 Å². The molecule has 0 spiro atoms. The normalized spacial score (nSPS) is 16.8. The molecule has 4 atom stereocenters. The average Bonchev–Trinajstić information content (AvgIpc) is 2.50. The number of aromatic hydroxyl groups is 1. The third kappa shape index (κ3) is 4.66. The second-order valence-corrected chi connectivity index (χ2v) is 4.41. The molecule has 0 aliphatic rings. The van der Waals surface area contributed by atoms with Crippen LogP contribution in [0.2, 0.25) is 0 Å². The van der Waals surface area contributed by atoms with Crippen molar-refractivity contribution in [2.45, 2.75) is 24.4 Å². The van der Waals surface area contributed by atoms with Crippen LogP contribution in [0.4, 0.5) is 0 Å². The molecule has 21 heavy (non-hydrogen) atoms. The summed E-state index contributed by atoms with van der Waals surface area (Å²) in [5.41, 5.74) is -0.116. The van der Waals surface area contributed by atoms with Crippen LogP contribution in [0.3, 0.4) is 0 Å². The lowest BCUT2D eigenvalue weighted by atomic mass is 10.0. The van der Waals surface area contributed by atoms with E-state index in [0.29, 0.717) is 0 Å². The van der Waals surface area contributed by atoms with Crippen LogP contribution >= 0.6 is 0 Å². The Bertz CT molecular complexity index is 463. The van der Waals surface area contributed by atoms with Crippen LogP contribution in [0, 0.1) is 0 Å². The first kappa shape index (κ1) is 17.3. The molecule has 1 rings (SSSR count). The van der Waals surface area contributed by atoms with Crippen molar-refractivity contribution in [1.82, 2.24) is 0 Å². The number of hydrogen-bond donors (Lipinski definition) is 6. The van der Waals surface area contributed by atoms with E-state index in [4.69, 9.17) is 14.9 Å². The summed E-state index contributed by atoms with van der Waals surface area (Å²) in [7, 11) is 0. The van der Waals surface area contributed by atoms with Crippen molar-refractivity contribution in [2.75, 3.05) is 13.2 Å². The van der Waals surface area contributed by atoms with E-state index in [1.54, 1.807) is 0 Å². The topological polar surface area (TPSA) is 148 Å². The molecule has 6 N–H and O–H groups in total. The lowest BCUT2D eigenvalue weighted by molar-refractivity contribution is -0.124. The number of hydrogen-bond acceptors (Lipinski definition) is 8. The van der Waals surface area contributed by atoms with E-state index >= 15 is 0 Å². The standard InChI is InChI=1S/C13H18O8/c14-5-9(16)11(18)12(19)10(17)6-21-13(20)7-3-1-2-4-8(7)15/h1-4,9-12,14-19H,5-6H2/t9-,10-,11-,12-/m1/s1. The Kier molecular flexibility index (Phi) is 6.53. The molecule has 0 unspecified atom stereocenters. The van der Waals surface area contributed by atoms with Crippen molar-refractivity contribution in [3.05, 3.63) is 29.8 Å². The molecule has 118 valence electrons. The predicted molar refractivity (Wildman–Crippen MR) is 69.5 cm³/mol. The highest BCUT2D eigenvalue weighted by molar-refractivity contribution is 5.92. The van der Waals surface area contributed by atoms with Crippen LogP contribution in [0.5, 0.6) is 5.75 Å². The number of carbonyl (C=O) groups is 1. The Labute approximate surface area is 120 Å². The zero-order valence-corrected chi connectivity index (χ0v) is 11.0. The van der Waals surface area contributed by atoms with Gasteiger partial charge in [-0.05, 0) is 12.1 Å². The number of phenols is 1. The summed E-state index contributed by atoms with van der Waals surface area (Å²) in [6, 6.07) is 5.61. The average molecular weight is 302 g/mol. The summed E-state index contributed by atoms with van der Waals surface area (Å²) in [5, 5.41) is 55.6. The zero-order valence-electron chi connectivity index (χ0n) is 11.0. The number of ether oxygens (including phenoxy) is 1. The summed E-state index contributed by atoms with van der Waals surface area (Å²) in [6.07, 6.45) is -6.92. The minimum atomic E-state index is -1.82. The number of esters is 1. The number of para-hydroxylation sites is 1. The molecule has 0 aromatic heterocycles.